The number of ether oxygens (including phenoxy) is 1. The standard InChI is InChI=1S/C18H13F2N5O/c19-12-2-3-14-11(6-12)7-17(18(21)24-14)26-10-15-16(8-13(20)9-22-15)25-5-1-4-23-25/h1-9H,10H2,(H2,21,24). The molecule has 4 aromatic rings. The molecule has 4 rings (SSSR count). The summed E-state index contributed by atoms with van der Waals surface area (Å²) in [5.74, 6) is -0.398. The van der Waals surface area contributed by atoms with E-state index >= 15 is 0 Å². The van der Waals surface area contributed by atoms with Gasteiger partial charge in [0.2, 0.25) is 0 Å². The van der Waals surface area contributed by atoms with Gasteiger partial charge in [0.15, 0.2) is 11.6 Å². The number of rotatable bonds is 4. The Hall–Kier alpha value is -3.55. The highest BCUT2D eigenvalue weighted by Gasteiger charge is 2.12. The van der Waals surface area contributed by atoms with E-state index in [4.69, 9.17) is 10.5 Å². The quantitative estimate of drug-likeness (QED) is 0.609. The van der Waals surface area contributed by atoms with E-state index in [1.807, 2.05) is 0 Å². The minimum absolute atomic E-state index is 0.0160. The van der Waals surface area contributed by atoms with E-state index in [9.17, 15) is 8.78 Å². The minimum atomic E-state index is -0.485. The molecular weight excluding hydrogens is 340 g/mol. The van der Waals surface area contributed by atoms with E-state index in [2.05, 4.69) is 15.1 Å². The van der Waals surface area contributed by atoms with E-state index in [0.29, 0.717) is 28.0 Å². The van der Waals surface area contributed by atoms with E-state index in [0.717, 1.165) is 6.20 Å². The second-order valence-electron chi connectivity index (χ2n) is 5.57. The first-order valence-electron chi connectivity index (χ1n) is 7.73. The number of benzene rings is 1. The summed E-state index contributed by atoms with van der Waals surface area (Å²) in [7, 11) is 0. The van der Waals surface area contributed by atoms with Gasteiger partial charge in [0.05, 0.1) is 17.4 Å². The molecule has 0 saturated carbocycles. The van der Waals surface area contributed by atoms with Crippen LogP contribution in [0.3, 0.4) is 0 Å². The van der Waals surface area contributed by atoms with E-state index in [1.165, 1.54) is 22.9 Å². The fourth-order valence-electron chi connectivity index (χ4n) is 2.58. The first-order chi connectivity index (χ1) is 12.6. The van der Waals surface area contributed by atoms with E-state index in [-0.39, 0.29) is 18.2 Å². The van der Waals surface area contributed by atoms with Gasteiger partial charge in [0.1, 0.15) is 23.9 Å². The van der Waals surface area contributed by atoms with Crippen LogP contribution in [0.15, 0.2) is 55.0 Å². The minimum Gasteiger partial charge on any atom is -0.483 e. The molecule has 8 heteroatoms. The summed E-state index contributed by atoms with van der Waals surface area (Å²) in [5, 5.41) is 4.65. The van der Waals surface area contributed by atoms with Crippen molar-refractivity contribution in [3.8, 4) is 11.4 Å². The van der Waals surface area contributed by atoms with Crippen LogP contribution in [0.1, 0.15) is 5.69 Å². The van der Waals surface area contributed by atoms with Gasteiger partial charge in [-0.1, -0.05) is 0 Å². The highest BCUT2D eigenvalue weighted by atomic mass is 19.1. The second-order valence-corrected chi connectivity index (χ2v) is 5.57. The zero-order valence-corrected chi connectivity index (χ0v) is 13.4. The number of aromatic nitrogens is 4. The topological polar surface area (TPSA) is 78.9 Å². The van der Waals surface area contributed by atoms with Gasteiger partial charge in [-0.3, -0.25) is 4.98 Å². The van der Waals surface area contributed by atoms with Crippen LogP contribution in [0, 0.1) is 11.6 Å². The molecule has 130 valence electrons. The number of hydrogen-bond donors (Lipinski definition) is 1. The summed E-state index contributed by atoms with van der Waals surface area (Å²) >= 11 is 0. The maximum atomic E-state index is 13.6. The summed E-state index contributed by atoms with van der Waals surface area (Å²) in [6.07, 6.45) is 4.35. The molecule has 6 nitrogen and oxygen atoms in total. The van der Waals surface area contributed by atoms with Crippen LogP contribution in [0.2, 0.25) is 0 Å². The largest absolute Gasteiger partial charge is 0.483 e. The number of pyridine rings is 2. The number of anilines is 1. The van der Waals surface area contributed by atoms with Crippen molar-refractivity contribution in [1.29, 1.82) is 0 Å². The fraction of sp³-hybridized carbons (Fsp3) is 0.0556. The smallest absolute Gasteiger partial charge is 0.166 e. The highest BCUT2D eigenvalue weighted by molar-refractivity contribution is 5.82. The molecule has 3 aromatic heterocycles. The van der Waals surface area contributed by atoms with Gasteiger partial charge in [-0.25, -0.2) is 18.4 Å². The Morgan fingerprint density at radius 1 is 1.12 bits per heavy atom. The Morgan fingerprint density at radius 2 is 2.00 bits per heavy atom. The van der Waals surface area contributed by atoms with Crippen LogP contribution in [-0.2, 0) is 6.61 Å². The van der Waals surface area contributed by atoms with Crippen molar-refractivity contribution in [1.82, 2.24) is 19.7 Å². The molecule has 0 aliphatic rings. The monoisotopic (exact) mass is 353 g/mol. The predicted molar refractivity (Wildman–Crippen MR) is 91.8 cm³/mol. The number of hydrogen-bond acceptors (Lipinski definition) is 5. The Bertz CT molecular complexity index is 1080. The molecular formula is C18H13F2N5O. The highest BCUT2D eigenvalue weighted by Crippen LogP contribution is 2.26. The lowest BCUT2D eigenvalue weighted by Gasteiger charge is -2.12. The number of halogens is 2. The maximum Gasteiger partial charge on any atom is 0.166 e. The van der Waals surface area contributed by atoms with Crippen molar-refractivity contribution in [3.63, 3.8) is 0 Å². The molecule has 0 fully saturated rings. The Balaban J connectivity index is 1.66. The van der Waals surface area contributed by atoms with E-state index < -0.39 is 5.82 Å². The van der Waals surface area contributed by atoms with Crippen molar-refractivity contribution in [2.75, 3.05) is 5.73 Å². The summed E-state index contributed by atoms with van der Waals surface area (Å²) in [4.78, 5) is 8.28. The predicted octanol–water partition coefficient (Wildman–Crippen LogP) is 3.25. The molecule has 0 radical (unpaired) electrons. The molecule has 0 amide bonds. The van der Waals surface area contributed by atoms with Gasteiger partial charge < -0.3 is 10.5 Å². The SMILES string of the molecule is Nc1nc2ccc(F)cc2cc1OCc1ncc(F)cc1-n1cccn1. The van der Waals surface area contributed by atoms with Crippen molar-refractivity contribution < 1.29 is 13.5 Å². The van der Waals surface area contributed by atoms with Crippen LogP contribution in [0.5, 0.6) is 5.75 Å². The molecule has 0 aliphatic carbocycles. The van der Waals surface area contributed by atoms with Gasteiger partial charge in [-0.05, 0) is 30.3 Å². The third-order valence-corrected chi connectivity index (χ3v) is 3.80. The molecule has 0 atom stereocenters. The molecule has 0 aliphatic heterocycles. The van der Waals surface area contributed by atoms with E-state index in [1.54, 1.807) is 30.6 Å². The zero-order valence-electron chi connectivity index (χ0n) is 13.4. The number of nitrogen functional groups attached to an aromatic ring is 1. The third-order valence-electron chi connectivity index (χ3n) is 3.80. The summed E-state index contributed by atoms with van der Waals surface area (Å²) in [6, 6.07) is 8.85. The van der Waals surface area contributed by atoms with Crippen LogP contribution in [0.25, 0.3) is 16.6 Å². The van der Waals surface area contributed by atoms with Gasteiger partial charge in [0, 0.05) is 23.8 Å². The van der Waals surface area contributed by atoms with Gasteiger partial charge >= 0.3 is 0 Å². The molecule has 26 heavy (non-hydrogen) atoms. The van der Waals surface area contributed by atoms with Gasteiger partial charge in [-0.2, -0.15) is 5.10 Å². The van der Waals surface area contributed by atoms with Crippen LogP contribution in [0.4, 0.5) is 14.6 Å². The molecule has 0 unspecified atom stereocenters. The molecule has 0 spiro atoms. The molecule has 1 aromatic carbocycles. The lowest BCUT2D eigenvalue weighted by molar-refractivity contribution is 0.301. The molecule has 0 bridgehead atoms. The zero-order chi connectivity index (χ0) is 18.1. The summed E-state index contributed by atoms with van der Waals surface area (Å²) in [6.45, 7) is 0.0160. The van der Waals surface area contributed by atoms with Crippen molar-refractivity contribution >= 4 is 16.7 Å². The van der Waals surface area contributed by atoms with Crippen molar-refractivity contribution in [3.05, 3.63) is 72.3 Å². The first-order valence-corrected chi connectivity index (χ1v) is 7.73. The second kappa shape index (κ2) is 6.40. The van der Waals surface area contributed by atoms with Crippen molar-refractivity contribution in [2.24, 2.45) is 0 Å². The number of fused-ring (bicyclic) bond motifs is 1. The van der Waals surface area contributed by atoms with Crippen molar-refractivity contribution in [2.45, 2.75) is 6.61 Å². The lowest BCUT2D eigenvalue weighted by atomic mass is 10.2. The first kappa shape index (κ1) is 15.9. The summed E-state index contributed by atoms with van der Waals surface area (Å²) < 4.78 is 34.2. The third kappa shape index (κ3) is 3.04. The normalized spacial score (nSPS) is 11.0. The molecule has 3 heterocycles. The van der Waals surface area contributed by atoms with Gasteiger partial charge in [0.25, 0.3) is 0 Å². The van der Waals surface area contributed by atoms with Gasteiger partial charge in [-0.15, -0.1) is 0 Å². The van der Waals surface area contributed by atoms with Crippen LogP contribution >= 0.6 is 0 Å². The Morgan fingerprint density at radius 3 is 2.81 bits per heavy atom. The average Bonchev–Trinajstić information content (AvgIpc) is 3.15. The average molecular weight is 353 g/mol. The number of nitrogens with zero attached hydrogens (tertiary/aromatic N) is 4. The van der Waals surface area contributed by atoms with Crippen LogP contribution < -0.4 is 10.5 Å². The maximum absolute atomic E-state index is 13.6. The van der Waals surface area contributed by atoms with Crippen LogP contribution in [-0.4, -0.2) is 19.7 Å². The molecule has 0 saturated heterocycles. The Kier molecular flexibility index (Phi) is 3.92. The fourth-order valence-corrected chi connectivity index (χ4v) is 2.58. The Labute approximate surface area is 146 Å². The summed E-state index contributed by atoms with van der Waals surface area (Å²) in [5.41, 5.74) is 7.40. The lowest BCUT2D eigenvalue weighted by Crippen LogP contribution is -2.08. The molecule has 2 N–H and O–H groups in total. The number of nitrogens with two attached hydrogens (primary N) is 1.